The van der Waals surface area contributed by atoms with Crippen LogP contribution in [0, 0.1) is 0 Å². The number of rotatable bonds is 6. The maximum atomic E-state index is 11.7. The molecular weight excluding hydrogens is 220 g/mol. The maximum Gasteiger partial charge on any atom is 0.193 e. The minimum Gasteiger partial charge on any atom is -0.491 e. The van der Waals surface area contributed by atoms with Gasteiger partial charge in [0.15, 0.2) is 5.78 Å². The highest BCUT2D eigenvalue weighted by atomic mass is 16.5. The number of Topliss-reactive ketones (excluding diaryl/α,β-unsaturated/α-hetero) is 1. The van der Waals surface area contributed by atoms with Crippen molar-refractivity contribution in [2.24, 2.45) is 0 Å². The first-order chi connectivity index (χ1) is 7.95. The van der Waals surface area contributed by atoms with Gasteiger partial charge in [-0.05, 0) is 38.1 Å². The van der Waals surface area contributed by atoms with E-state index in [0.29, 0.717) is 24.5 Å². The van der Waals surface area contributed by atoms with Crippen LogP contribution in [0.2, 0.25) is 0 Å². The van der Waals surface area contributed by atoms with Crippen molar-refractivity contribution in [2.75, 3.05) is 20.3 Å². The Morgan fingerprint density at radius 2 is 1.82 bits per heavy atom. The monoisotopic (exact) mass is 238 g/mol. The second-order valence-corrected chi connectivity index (χ2v) is 4.25. The number of ether oxygens (including phenoxy) is 2. The molecule has 0 aliphatic carbocycles. The summed E-state index contributed by atoms with van der Waals surface area (Å²) >= 11 is 0. The van der Waals surface area contributed by atoms with E-state index in [1.165, 1.54) is 13.8 Å². The van der Waals surface area contributed by atoms with Crippen LogP contribution in [0.1, 0.15) is 24.2 Å². The quantitative estimate of drug-likeness (QED) is 0.605. The Kier molecular flexibility index (Phi) is 4.66. The number of carbonyl (C=O) groups is 1. The van der Waals surface area contributed by atoms with Gasteiger partial charge in [-0.15, -0.1) is 0 Å². The van der Waals surface area contributed by atoms with E-state index < -0.39 is 5.60 Å². The van der Waals surface area contributed by atoms with E-state index in [1.807, 2.05) is 0 Å². The highest BCUT2D eigenvalue weighted by Gasteiger charge is 2.24. The van der Waals surface area contributed by atoms with Crippen LogP contribution >= 0.6 is 0 Å². The Hall–Kier alpha value is -1.39. The van der Waals surface area contributed by atoms with Crippen LogP contribution in [0.5, 0.6) is 5.75 Å². The molecule has 0 heterocycles. The lowest BCUT2D eigenvalue weighted by molar-refractivity contribution is 0.0488. The van der Waals surface area contributed by atoms with Gasteiger partial charge in [0, 0.05) is 12.7 Å². The van der Waals surface area contributed by atoms with Gasteiger partial charge >= 0.3 is 0 Å². The summed E-state index contributed by atoms with van der Waals surface area (Å²) in [7, 11) is 1.61. The smallest absolute Gasteiger partial charge is 0.193 e. The summed E-state index contributed by atoms with van der Waals surface area (Å²) in [5.41, 5.74) is -0.880. The average molecular weight is 238 g/mol. The third-order valence-electron chi connectivity index (χ3n) is 2.23. The van der Waals surface area contributed by atoms with Crippen LogP contribution in [0.3, 0.4) is 0 Å². The van der Waals surface area contributed by atoms with E-state index in [4.69, 9.17) is 9.47 Å². The molecule has 4 nitrogen and oxygen atoms in total. The first kappa shape index (κ1) is 13.7. The molecule has 1 aromatic carbocycles. The van der Waals surface area contributed by atoms with Crippen LogP contribution in [0.4, 0.5) is 0 Å². The van der Waals surface area contributed by atoms with Gasteiger partial charge in [-0.2, -0.15) is 0 Å². The topological polar surface area (TPSA) is 55.8 Å². The predicted octanol–water partition coefficient (Wildman–Crippen LogP) is 1.67. The molecule has 0 aromatic heterocycles. The zero-order valence-electron chi connectivity index (χ0n) is 10.4. The van der Waals surface area contributed by atoms with Crippen molar-refractivity contribution in [3.8, 4) is 5.75 Å². The van der Waals surface area contributed by atoms with Crippen LogP contribution in [0.25, 0.3) is 0 Å². The van der Waals surface area contributed by atoms with Crippen LogP contribution in [-0.2, 0) is 4.74 Å². The number of aliphatic hydroxyl groups is 1. The lowest BCUT2D eigenvalue weighted by atomic mass is 9.97. The van der Waals surface area contributed by atoms with Gasteiger partial charge in [0.1, 0.15) is 18.0 Å². The fraction of sp³-hybridized carbons (Fsp3) is 0.462. The number of benzene rings is 1. The van der Waals surface area contributed by atoms with Gasteiger partial charge in [-0.25, -0.2) is 0 Å². The second-order valence-electron chi connectivity index (χ2n) is 4.25. The van der Waals surface area contributed by atoms with Gasteiger partial charge in [0.05, 0.1) is 6.61 Å². The Labute approximate surface area is 101 Å². The Bertz CT molecular complexity index is 362. The molecule has 94 valence electrons. The zero-order valence-corrected chi connectivity index (χ0v) is 10.4. The van der Waals surface area contributed by atoms with E-state index in [1.54, 1.807) is 31.4 Å². The summed E-state index contributed by atoms with van der Waals surface area (Å²) in [6, 6.07) is 6.69. The average Bonchev–Trinajstić information content (AvgIpc) is 2.28. The molecule has 0 saturated carbocycles. The van der Waals surface area contributed by atoms with Crippen molar-refractivity contribution in [1.29, 1.82) is 0 Å². The van der Waals surface area contributed by atoms with Crippen molar-refractivity contribution in [3.05, 3.63) is 29.8 Å². The number of carbonyl (C=O) groups excluding carboxylic acids is 1. The minimum absolute atomic E-state index is 0.305. The molecule has 4 heteroatoms. The van der Waals surface area contributed by atoms with Crippen molar-refractivity contribution in [3.63, 3.8) is 0 Å². The number of methoxy groups -OCH3 is 1. The summed E-state index contributed by atoms with van der Waals surface area (Å²) in [4.78, 5) is 11.7. The third kappa shape index (κ3) is 4.17. The van der Waals surface area contributed by atoms with E-state index in [-0.39, 0.29) is 5.78 Å². The molecule has 0 bridgehead atoms. The van der Waals surface area contributed by atoms with Crippen LogP contribution < -0.4 is 4.74 Å². The molecule has 0 amide bonds. The van der Waals surface area contributed by atoms with Crippen LogP contribution in [0.15, 0.2) is 24.3 Å². The molecule has 1 aromatic rings. The molecule has 0 unspecified atom stereocenters. The van der Waals surface area contributed by atoms with E-state index in [2.05, 4.69) is 0 Å². The standard InChI is InChI=1S/C13H18O4/c1-13(2,15)12(14)10-4-6-11(7-5-10)17-9-8-16-3/h4-7,15H,8-9H2,1-3H3. The molecule has 17 heavy (non-hydrogen) atoms. The highest BCUT2D eigenvalue weighted by Crippen LogP contribution is 2.16. The maximum absolute atomic E-state index is 11.7. The third-order valence-corrected chi connectivity index (χ3v) is 2.23. The summed E-state index contributed by atoms with van der Waals surface area (Å²) in [6.07, 6.45) is 0. The minimum atomic E-state index is -1.35. The number of ketones is 1. The normalized spacial score (nSPS) is 11.3. The Morgan fingerprint density at radius 3 is 2.29 bits per heavy atom. The number of hydrogen-bond donors (Lipinski definition) is 1. The molecular formula is C13H18O4. The summed E-state index contributed by atoms with van der Waals surface area (Å²) in [5.74, 6) is 0.371. The predicted molar refractivity (Wildman–Crippen MR) is 64.4 cm³/mol. The Balaban J connectivity index is 2.65. The summed E-state index contributed by atoms with van der Waals surface area (Å²) in [6.45, 7) is 3.93. The highest BCUT2D eigenvalue weighted by molar-refractivity contribution is 6.01. The molecule has 1 rings (SSSR count). The molecule has 0 aliphatic rings. The van der Waals surface area contributed by atoms with E-state index in [9.17, 15) is 9.90 Å². The molecule has 0 saturated heterocycles. The summed E-state index contributed by atoms with van der Waals surface area (Å²) < 4.78 is 10.2. The lowest BCUT2D eigenvalue weighted by Crippen LogP contribution is -2.30. The second kappa shape index (κ2) is 5.80. The Morgan fingerprint density at radius 1 is 1.24 bits per heavy atom. The fourth-order valence-electron chi connectivity index (χ4n) is 1.30. The molecule has 0 atom stereocenters. The van der Waals surface area contributed by atoms with Crippen molar-refractivity contribution >= 4 is 5.78 Å². The van der Waals surface area contributed by atoms with Gasteiger partial charge in [0.2, 0.25) is 0 Å². The van der Waals surface area contributed by atoms with Crippen LogP contribution in [-0.4, -0.2) is 36.8 Å². The molecule has 1 N–H and O–H groups in total. The molecule has 0 spiro atoms. The van der Waals surface area contributed by atoms with Gasteiger partial charge < -0.3 is 14.6 Å². The van der Waals surface area contributed by atoms with Crippen molar-refractivity contribution in [2.45, 2.75) is 19.4 Å². The SMILES string of the molecule is COCCOc1ccc(C(=O)C(C)(C)O)cc1. The van der Waals surface area contributed by atoms with E-state index >= 15 is 0 Å². The van der Waals surface area contributed by atoms with Gasteiger partial charge in [-0.1, -0.05) is 0 Å². The van der Waals surface area contributed by atoms with Crippen molar-refractivity contribution in [1.82, 2.24) is 0 Å². The van der Waals surface area contributed by atoms with E-state index in [0.717, 1.165) is 0 Å². The van der Waals surface area contributed by atoms with Gasteiger partial charge in [-0.3, -0.25) is 4.79 Å². The zero-order chi connectivity index (χ0) is 12.9. The molecule has 0 radical (unpaired) electrons. The van der Waals surface area contributed by atoms with Gasteiger partial charge in [0.25, 0.3) is 0 Å². The number of hydrogen-bond acceptors (Lipinski definition) is 4. The molecule has 0 aliphatic heterocycles. The first-order valence-corrected chi connectivity index (χ1v) is 5.44. The lowest BCUT2D eigenvalue weighted by Gasteiger charge is -2.15. The van der Waals surface area contributed by atoms with Crippen molar-refractivity contribution < 1.29 is 19.4 Å². The largest absolute Gasteiger partial charge is 0.491 e. The summed E-state index contributed by atoms with van der Waals surface area (Å²) in [5, 5.41) is 9.58. The first-order valence-electron chi connectivity index (χ1n) is 5.44. The molecule has 0 fully saturated rings. The fourth-order valence-corrected chi connectivity index (χ4v) is 1.30.